The second-order valence-electron chi connectivity index (χ2n) is 6.26. The van der Waals surface area contributed by atoms with Gasteiger partial charge in [-0.3, -0.25) is 0 Å². The summed E-state index contributed by atoms with van der Waals surface area (Å²) in [7, 11) is 0. The molecule has 0 aliphatic rings. The van der Waals surface area contributed by atoms with Gasteiger partial charge in [-0.2, -0.15) is 0 Å². The molecule has 3 heteroatoms. The van der Waals surface area contributed by atoms with Crippen molar-refractivity contribution in [2.45, 2.75) is 46.6 Å². The first-order valence-electron chi connectivity index (χ1n) is 7.97. The molecule has 1 unspecified atom stereocenters. The van der Waals surface area contributed by atoms with Crippen molar-refractivity contribution in [2.24, 2.45) is 5.92 Å². The van der Waals surface area contributed by atoms with Crippen LogP contribution in [0.5, 0.6) is 0 Å². The van der Waals surface area contributed by atoms with E-state index in [2.05, 4.69) is 48.9 Å². The molecular formula is C19H25NO2. The minimum absolute atomic E-state index is 0.680. The molecule has 0 aliphatic heterocycles. The zero-order valence-corrected chi connectivity index (χ0v) is 13.7. The van der Waals surface area contributed by atoms with Crippen LogP contribution in [0.25, 0.3) is 10.9 Å². The van der Waals surface area contributed by atoms with E-state index in [4.69, 9.17) is 5.11 Å². The van der Waals surface area contributed by atoms with Gasteiger partial charge in [0.15, 0.2) is 0 Å². The number of carboxylic acids is 1. The van der Waals surface area contributed by atoms with Crippen LogP contribution in [-0.4, -0.2) is 15.6 Å². The fourth-order valence-corrected chi connectivity index (χ4v) is 3.02. The molecule has 0 aliphatic carbocycles. The molecule has 0 saturated carbocycles. The smallest absolute Gasteiger partial charge is 0.328 e. The Bertz CT molecular complexity index is 682. The summed E-state index contributed by atoms with van der Waals surface area (Å²) >= 11 is 0. The maximum atomic E-state index is 10.7. The van der Waals surface area contributed by atoms with Crippen LogP contribution in [0, 0.1) is 5.92 Å². The Morgan fingerprint density at radius 1 is 1.36 bits per heavy atom. The number of hydrogen-bond donors (Lipinski definition) is 1. The molecule has 0 saturated heterocycles. The standard InChI is InChI=1S/C19H25NO2/c1-4-5-14(2)13-20-9-8-17-12-16(6-7-18(17)20)10-15(3)11-19(21)22/h6-9,11-12,14H,4-5,10,13H2,1-3H3,(H,21,22). The van der Waals surface area contributed by atoms with E-state index in [-0.39, 0.29) is 0 Å². The minimum atomic E-state index is -0.880. The lowest BCUT2D eigenvalue weighted by Gasteiger charge is -2.12. The molecule has 1 atom stereocenters. The van der Waals surface area contributed by atoms with E-state index < -0.39 is 5.97 Å². The van der Waals surface area contributed by atoms with E-state index in [0.717, 1.165) is 17.7 Å². The number of benzene rings is 1. The Kier molecular flexibility index (Phi) is 5.42. The number of rotatable bonds is 7. The fourth-order valence-electron chi connectivity index (χ4n) is 3.02. The van der Waals surface area contributed by atoms with Crippen molar-refractivity contribution in [1.82, 2.24) is 4.57 Å². The van der Waals surface area contributed by atoms with Crippen LogP contribution in [0.1, 0.15) is 39.2 Å². The number of aliphatic carboxylic acids is 1. The van der Waals surface area contributed by atoms with Crippen molar-refractivity contribution in [2.75, 3.05) is 0 Å². The van der Waals surface area contributed by atoms with Gasteiger partial charge in [-0.15, -0.1) is 0 Å². The maximum Gasteiger partial charge on any atom is 0.328 e. The quantitative estimate of drug-likeness (QED) is 0.756. The second-order valence-corrected chi connectivity index (χ2v) is 6.26. The molecule has 22 heavy (non-hydrogen) atoms. The molecule has 0 radical (unpaired) electrons. The predicted molar refractivity (Wildman–Crippen MR) is 91.1 cm³/mol. The normalized spacial score (nSPS) is 13.5. The highest BCUT2D eigenvalue weighted by molar-refractivity contribution is 5.82. The Balaban J connectivity index is 2.17. The number of aromatic nitrogens is 1. The lowest BCUT2D eigenvalue weighted by Crippen LogP contribution is -2.06. The zero-order valence-electron chi connectivity index (χ0n) is 13.7. The van der Waals surface area contributed by atoms with E-state index >= 15 is 0 Å². The SMILES string of the molecule is CCCC(C)Cn1ccc2cc(CC(C)=CC(=O)O)ccc21. The number of fused-ring (bicyclic) bond motifs is 1. The van der Waals surface area contributed by atoms with Gasteiger partial charge in [-0.25, -0.2) is 4.79 Å². The number of nitrogens with zero attached hydrogens (tertiary/aromatic N) is 1. The summed E-state index contributed by atoms with van der Waals surface area (Å²) < 4.78 is 2.32. The number of carbonyl (C=O) groups is 1. The Morgan fingerprint density at radius 3 is 2.82 bits per heavy atom. The first kappa shape index (κ1) is 16.3. The summed E-state index contributed by atoms with van der Waals surface area (Å²) in [5.41, 5.74) is 3.27. The number of allylic oxidation sites excluding steroid dienone is 1. The number of carboxylic acid groups (broad SMARTS) is 1. The van der Waals surface area contributed by atoms with Crippen LogP contribution >= 0.6 is 0 Å². The van der Waals surface area contributed by atoms with E-state index in [1.807, 2.05) is 6.92 Å². The van der Waals surface area contributed by atoms with Gasteiger partial charge in [-0.1, -0.05) is 31.9 Å². The van der Waals surface area contributed by atoms with E-state index in [0.29, 0.717) is 12.3 Å². The largest absolute Gasteiger partial charge is 0.478 e. The van der Waals surface area contributed by atoms with Gasteiger partial charge in [0.25, 0.3) is 0 Å². The minimum Gasteiger partial charge on any atom is -0.478 e. The van der Waals surface area contributed by atoms with Crippen molar-refractivity contribution in [3.8, 4) is 0 Å². The van der Waals surface area contributed by atoms with Crippen molar-refractivity contribution in [3.05, 3.63) is 47.7 Å². The highest BCUT2D eigenvalue weighted by Crippen LogP contribution is 2.21. The lowest BCUT2D eigenvalue weighted by molar-refractivity contribution is -0.131. The van der Waals surface area contributed by atoms with Crippen molar-refractivity contribution in [1.29, 1.82) is 0 Å². The summed E-state index contributed by atoms with van der Waals surface area (Å²) in [6, 6.07) is 8.56. The lowest BCUT2D eigenvalue weighted by atomic mass is 10.0. The van der Waals surface area contributed by atoms with Gasteiger partial charge in [-0.05, 0) is 54.8 Å². The average Bonchev–Trinajstić information content (AvgIpc) is 2.80. The molecule has 3 nitrogen and oxygen atoms in total. The van der Waals surface area contributed by atoms with Gasteiger partial charge in [0.1, 0.15) is 0 Å². The monoisotopic (exact) mass is 299 g/mol. The van der Waals surface area contributed by atoms with Gasteiger partial charge in [0.05, 0.1) is 0 Å². The van der Waals surface area contributed by atoms with Crippen LogP contribution in [-0.2, 0) is 17.8 Å². The third-order valence-electron chi connectivity index (χ3n) is 3.98. The molecule has 0 bridgehead atoms. The number of hydrogen-bond acceptors (Lipinski definition) is 1. The predicted octanol–water partition coefficient (Wildman–Crippen LogP) is 4.65. The average molecular weight is 299 g/mol. The second kappa shape index (κ2) is 7.30. The maximum absolute atomic E-state index is 10.7. The topological polar surface area (TPSA) is 42.2 Å². The molecule has 1 heterocycles. The molecule has 1 N–H and O–H groups in total. The summed E-state index contributed by atoms with van der Waals surface area (Å²) in [5, 5.41) is 10.0. The van der Waals surface area contributed by atoms with Gasteiger partial charge in [0.2, 0.25) is 0 Å². The molecule has 118 valence electrons. The molecule has 0 spiro atoms. The van der Waals surface area contributed by atoms with Crippen LogP contribution in [0.2, 0.25) is 0 Å². The van der Waals surface area contributed by atoms with Gasteiger partial charge >= 0.3 is 5.97 Å². The van der Waals surface area contributed by atoms with Crippen LogP contribution in [0.4, 0.5) is 0 Å². The van der Waals surface area contributed by atoms with Gasteiger partial charge < -0.3 is 9.67 Å². The first-order chi connectivity index (χ1) is 10.5. The fraction of sp³-hybridized carbons (Fsp3) is 0.421. The van der Waals surface area contributed by atoms with Crippen molar-refractivity contribution >= 4 is 16.9 Å². The summed E-state index contributed by atoms with van der Waals surface area (Å²) in [4.78, 5) is 10.7. The molecule has 1 aromatic heterocycles. The highest BCUT2D eigenvalue weighted by Gasteiger charge is 2.07. The van der Waals surface area contributed by atoms with Crippen LogP contribution < -0.4 is 0 Å². The van der Waals surface area contributed by atoms with E-state index in [1.54, 1.807) is 0 Å². The highest BCUT2D eigenvalue weighted by atomic mass is 16.4. The van der Waals surface area contributed by atoms with Crippen LogP contribution in [0.3, 0.4) is 0 Å². The molecule has 1 aromatic carbocycles. The molecule has 2 rings (SSSR count). The summed E-state index contributed by atoms with van der Waals surface area (Å²) in [6.45, 7) is 7.43. The summed E-state index contributed by atoms with van der Waals surface area (Å²) in [5.74, 6) is -0.198. The Hall–Kier alpha value is -2.03. The Labute approximate surface area is 132 Å². The van der Waals surface area contributed by atoms with E-state index in [1.165, 1.54) is 29.8 Å². The molecular weight excluding hydrogens is 274 g/mol. The zero-order chi connectivity index (χ0) is 16.1. The van der Waals surface area contributed by atoms with Gasteiger partial charge in [0, 0.05) is 24.3 Å². The third-order valence-corrected chi connectivity index (χ3v) is 3.98. The van der Waals surface area contributed by atoms with Crippen LogP contribution in [0.15, 0.2) is 42.1 Å². The molecule has 0 amide bonds. The molecule has 0 fully saturated rings. The summed E-state index contributed by atoms with van der Waals surface area (Å²) in [6.07, 6.45) is 6.58. The first-order valence-corrected chi connectivity index (χ1v) is 7.97. The van der Waals surface area contributed by atoms with Crippen molar-refractivity contribution < 1.29 is 9.90 Å². The van der Waals surface area contributed by atoms with Crippen molar-refractivity contribution in [3.63, 3.8) is 0 Å². The third kappa shape index (κ3) is 4.23. The van der Waals surface area contributed by atoms with E-state index in [9.17, 15) is 4.79 Å². The Morgan fingerprint density at radius 2 is 2.14 bits per heavy atom. The molecule has 2 aromatic rings.